The second-order valence-electron chi connectivity index (χ2n) is 9.67. The van der Waals surface area contributed by atoms with Crippen molar-refractivity contribution in [3.05, 3.63) is 93.8 Å². The lowest BCUT2D eigenvalue weighted by Crippen LogP contribution is -2.37. The lowest BCUT2D eigenvalue weighted by Gasteiger charge is -2.23. The SMILES string of the molecule is O=C(O)c1cn(-c2ccc(F)cc2F)c2nc(N3C[C@@H]4C(NC(=S)Nc5ccc(F)cc5)[C@@H]4C3)c(F)cc2c1=O. The van der Waals surface area contributed by atoms with Gasteiger partial charge in [0.05, 0.1) is 11.1 Å². The number of carbonyl (C=O) groups is 1. The van der Waals surface area contributed by atoms with E-state index in [2.05, 4.69) is 15.6 Å². The van der Waals surface area contributed by atoms with Crippen LogP contribution in [0.4, 0.5) is 29.1 Å². The number of piperidine rings is 1. The molecule has 4 aromatic rings. The number of hydrogen-bond donors (Lipinski definition) is 3. The van der Waals surface area contributed by atoms with E-state index in [1.165, 1.54) is 12.1 Å². The third-order valence-corrected chi connectivity index (χ3v) is 7.43. The highest BCUT2D eigenvalue weighted by Crippen LogP contribution is 2.47. The van der Waals surface area contributed by atoms with Crippen LogP contribution in [0.25, 0.3) is 16.7 Å². The molecule has 0 spiro atoms. The number of pyridine rings is 2. The van der Waals surface area contributed by atoms with Gasteiger partial charge in [-0.1, -0.05) is 0 Å². The molecule has 2 aromatic carbocycles. The quantitative estimate of drug-likeness (QED) is 0.245. The topological polar surface area (TPSA) is 99.5 Å². The molecule has 3 atom stereocenters. The van der Waals surface area contributed by atoms with Crippen LogP contribution in [0.1, 0.15) is 10.4 Å². The predicted molar refractivity (Wildman–Crippen MR) is 143 cm³/mol. The number of carboxylic acid groups (broad SMARTS) is 1. The number of benzene rings is 2. The monoisotopic (exact) mass is 569 g/mol. The summed E-state index contributed by atoms with van der Waals surface area (Å²) in [6.07, 6.45) is 0.897. The molecule has 1 saturated heterocycles. The average Bonchev–Trinajstić information content (AvgIpc) is 3.32. The molecule has 0 bridgehead atoms. The van der Waals surface area contributed by atoms with Gasteiger partial charge >= 0.3 is 5.97 Å². The summed E-state index contributed by atoms with van der Waals surface area (Å²) < 4.78 is 57.7. The molecule has 40 heavy (non-hydrogen) atoms. The van der Waals surface area contributed by atoms with E-state index in [0.29, 0.717) is 30.0 Å². The number of thiocarbonyl (C=S) groups is 1. The Bertz CT molecular complexity index is 1750. The first-order valence-electron chi connectivity index (χ1n) is 12.1. The van der Waals surface area contributed by atoms with Crippen molar-refractivity contribution in [3.63, 3.8) is 0 Å². The van der Waals surface area contributed by atoms with E-state index in [1.807, 2.05) is 0 Å². The van der Waals surface area contributed by atoms with Crippen molar-refractivity contribution in [2.45, 2.75) is 6.04 Å². The summed E-state index contributed by atoms with van der Waals surface area (Å²) in [5.74, 6) is -4.49. The molecule has 0 radical (unpaired) electrons. The van der Waals surface area contributed by atoms with Crippen LogP contribution >= 0.6 is 12.2 Å². The van der Waals surface area contributed by atoms with Crippen LogP contribution in [-0.2, 0) is 0 Å². The average molecular weight is 570 g/mol. The van der Waals surface area contributed by atoms with Gasteiger partial charge in [-0.3, -0.25) is 9.36 Å². The summed E-state index contributed by atoms with van der Waals surface area (Å²) >= 11 is 5.35. The van der Waals surface area contributed by atoms with Gasteiger partial charge in [0, 0.05) is 48.9 Å². The lowest BCUT2D eigenvalue weighted by molar-refractivity contribution is 0.0695. The Labute approximate surface area is 228 Å². The first-order chi connectivity index (χ1) is 19.1. The van der Waals surface area contributed by atoms with Crippen molar-refractivity contribution in [1.82, 2.24) is 14.9 Å². The minimum Gasteiger partial charge on any atom is -0.477 e. The first-order valence-corrected chi connectivity index (χ1v) is 12.5. The third kappa shape index (κ3) is 4.51. The number of nitrogens with one attached hydrogen (secondary N) is 2. The Morgan fingerprint density at radius 1 is 0.975 bits per heavy atom. The van der Waals surface area contributed by atoms with E-state index in [-0.39, 0.29) is 46.2 Å². The zero-order chi connectivity index (χ0) is 28.3. The summed E-state index contributed by atoms with van der Waals surface area (Å²) in [5.41, 5.74) is -1.49. The lowest BCUT2D eigenvalue weighted by atomic mass is 10.1. The van der Waals surface area contributed by atoms with Crippen LogP contribution < -0.4 is 21.0 Å². The second kappa shape index (κ2) is 9.59. The van der Waals surface area contributed by atoms with Gasteiger partial charge < -0.3 is 20.6 Å². The molecule has 3 heterocycles. The van der Waals surface area contributed by atoms with E-state index in [9.17, 15) is 27.9 Å². The highest BCUT2D eigenvalue weighted by atomic mass is 32.1. The summed E-state index contributed by atoms with van der Waals surface area (Å²) in [6.45, 7) is 0.832. The van der Waals surface area contributed by atoms with Crippen molar-refractivity contribution in [3.8, 4) is 5.69 Å². The number of rotatable bonds is 5. The molecule has 1 unspecified atom stereocenters. The molecule has 13 heteroatoms. The Morgan fingerprint density at radius 3 is 2.30 bits per heavy atom. The molecule has 6 rings (SSSR count). The van der Waals surface area contributed by atoms with Crippen LogP contribution in [0.2, 0.25) is 0 Å². The Balaban J connectivity index is 1.27. The zero-order valence-corrected chi connectivity index (χ0v) is 21.2. The number of fused-ring (bicyclic) bond motifs is 2. The molecule has 1 aliphatic heterocycles. The normalized spacial score (nSPS) is 19.4. The zero-order valence-electron chi connectivity index (χ0n) is 20.4. The van der Waals surface area contributed by atoms with Gasteiger partial charge in [-0.15, -0.1) is 0 Å². The Hall–Kier alpha value is -4.52. The minimum absolute atomic E-state index is 0.0323. The van der Waals surface area contributed by atoms with Crippen molar-refractivity contribution in [2.24, 2.45) is 11.8 Å². The molecule has 2 fully saturated rings. The number of hydrogen-bond acceptors (Lipinski definition) is 5. The maximum atomic E-state index is 15.3. The van der Waals surface area contributed by atoms with Crippen molar-refractivity contribution < 1.29 is 27.5 Å². The standard InChI is InChI=1S/C27H19F4N5O3S/c28-12-1-4-14(5-2-12)32-27(40)33-22-16-9-35(10-17(16)22)25-20(31)8-15-23(37)18(26(38)39)11-36(24(15)34-25)21-6-3-13(29)7-19(21)30/h1-8,11,16-17,22H,9-10H2,(H,38,39)(H2,32,33,40)/t16-,17+,22?. The molecule has 1 aliphatic carbocycles. The first kappa shape index (κ1) is 25.7. The number of aromatic carboxylic acids is 1. The fourth-order valence-corrected chi connectivity index (χ4v) is 5.47. The van der Waals surface area contributed by atoms with E-state index in [1.54, 1.807) is 17.0 Å². The Kier molecular flexibility index (Phi) is 6.17. The number of nitrogens with zero attached hydrogens (tertiary/aromatic N) is 3. The fraction of sp³-hybridized carbons (Fsp3) is 0.185. The van der Waals surface area contributed by atoms with E-state index < -0.39 is 34.4 Å². The van der Waals surface area contributed by atoms with Gasteiger partial charge in [0.15, 0.2) is 22.4 Å². The smallest absolute Gasteiger partial charge is 0.341 e. The molecule has 1 saturated carbocycles. The number of aromatic nitrogens is 2. The molecule has 2 aliphatic rings. The molecular weight excluding hydrogens is 550 g/mol. The molecule has 0 amide bonds. The largest absolute Gasteiger partial charge is 0.477 e. The highest BCUT2D eigenvalue weighted by molar-refractivity contribution is 7.80. The van der Waals surface area contributed by atoms with E-state index in [0.717, 1.165) is 29.0 Å². The van der Waals surface area contributed by atoms with Gasteiger partial charge in [0.2, 0.25) is 5.43 Å². The van der Waals surface area contributed by atoms with Crippen molar-refractivity contribution in [1.29, 1.82) is 0 Å². The fourth-order valence-electron chi connectivity index (χ4n) is 5.21. The summed E-state index contributed by atoms with van der Waals surface area (Å²) in [6, 6.07) is 9.34. The molecule has 204 valence electrons. The van der Waals surface area contributed by atoms with Gasteiger partial charge in [0.25, 0.3) is 0 Å². The van der Waals surface area contributed by atoms with Gasteiger partial charge in [-0.25, -0.2) is 27.3 Å². The van der Waals surface area contributed by atoms with Gasteiger partial charge in [-0.05, 0) is 54.7 Å². The summed E-state index contributed by atoms with van der Waals surface area (Å²) in [4.78, 5) is 30.5. The van der Waals surface area contributed by atoms with Crippen LogP contribution in [0.15, 0.2) is 59.5 Å². The number of halogens is 4. The highest BCUT2D eigenvalue weighted by Gasteiger charge is 2.56. The third-order valence-electron chi connectivity index (χ3n) is 7.21. The van der Waals surface area contributed by atoms with Crippen LogP contribution in [0.3, 0.4) is 0 Å². The summed E-state index contributed by atoms with van der Waals surface area (Å²) in [5, 5.41) is 15.7. The molecular formula is C27H19F4N5O3S. The van der Waals surface area contributed by atoms with Gasteiger partial charge in [0.1, 0.15) is 23.0 Å². The molecule has 3 N–H and O–H groups in total. The van der Waals surface area contributed by atoms with Crippen molar-refractivity contribution >= 4 is 45.8 Å². The summed E-state index contributed by atoms with van der Waals surface area (Å²) in [7, 11) is 0. The van der Waals surface area contributed by atoms with Crippen molar-refractivity contribution in [2.75, 3.05) is 23.3 Å². The number of carboxylic acids is 1. The van der Waals surface area contributed by atoms with Gasteiger partial charge in [-0.2, -0.15) is 0 Å². The van der Waals surface area contributed by atoms with Crippen LogP contribution in [0.5, 0.6) is 0 Å². The maximum Gasteiger partial charge on any atom is 0.341 e. The Morgan fingerprint density at radius 2 is 1.65 bits per heavy atom. The minimum atomic E-state index is -1.59. The number of anilines is 2. The predicted octanol–water partition coefficient (Wildman–Crippen LogP) is 4.06. The van der Waals surface area contributed by atoms with E-state index >= 15 is 4.39 Å². The maximum absolute atomic E-state index is 15.3. The second-order valence-corrected chi connectivity index (χ2v) is 10.1. The van der Waals surface area contributed by atoms with E-state index in [4.69, 9.17) is 12.2 Å². The van der Waals surface area contributed by atoms with Crippen LogP contribution in [-0.4, -0.2) is 44.9 Å². The molecule has 8 nitrogen and oxygen atoms in total. The van der Waals surface area contributed by atoms with Crippen LogP contribution in [0, 0.1) is 35.1 Å². The molecule has 2 aromatic heterocycles.